The normalized spacial score (nSPS) is 19.6. The van der Waals surface area contributed by atoms with Crippen LogP contribution in [0.3, 0.4) is 0 Å². The van der Waals surface area contributed by atoms with Gasteiger partial charge < -0.3 is 10.1 Å². The van der Waals surface area contributed by atoms with E-state index in [1.807, 2.05) is 5.32 Å². The van der Waals surface area contributed by atoms with E-state index in [1.165, 1.54) is 6.07 Å². The Labute approximate surface area is 148 Å². The molecule has 0 radical (unpaired) electrons. The van der Waals surface area contributed by atoms with Crippen LogP contribution >= 0.6 is 11.6 Å². The number of hydrogen-bond donors (Lipinski definition) is 1. The number of alkyl halides is 3. The third kappa shape index (κ3) is 5.08. The van der Waals surface area contributed by atoms with Gasteiger partial charge in [-0.25, -0.2) is 8.42 Å². The predicted molar refractivity (Wildman–Crippen MR) is 87.3 cm³/mol. The van der Waals surface area contributed by atoms with Gasteiger partial charge >= 0.3 is 6.18 Å². The highest BCUT2D eigenvalue weighted by molar-refractivity contribution is 7.92. The number of rotatable bonds is 5. The van der Waals surface area contributed by atoms with E-state index < -0.39 is 44.5 Å². The molecular formula is C15H17ClF3NO4S. The van der Waals surface area contributed by atoms with Crippen LogP contribution in [0.2, 0.25) is 5.02 Å². The van der Waals surface area contributed by atoms with Crippen molar-refractivity contribution in [3.8, 4) is 0 Å². The summed E-state index contributed by atoms with van der Waals surface area (Å²) in [6, 6.07) is 2.84. The number of benzene rings is 1. The first kappa shape index (κ1) is 20.0. The molecule has 0 aromatic heterocycles. The zero-order chi connectivity index (χ0) is 18.8. The molecule has 1 aliphatic heterocycles. The fourth-order valence-corrected chi connectivity index (χ4v) is 4.06. The molecule has 0 saturated carbocycles. The third-order valence-electron chi connectivity index (χ3n) is 3.89. The van der Waals surface area contributed by atoms with Crippen molar-refractivity contribution >= 4 is 33.0 Å². The lowest BCUT2D eigenvalue weighted by atomic mass is 10.1. The van der Waals surface area contributed by atoms with Crippen LogP contribution in [0.1, 0.15) is 25.3 Å². The minimum atomic E-state index is -4.74. The number of ether oxygens (including phenoxy) is 1. The number of halogens is 4. The molecule has 1 amide bonds. The summed E-state index contributed by atoms with van der Waals surface area (Å²) in [5, 5.41) is 0.383. The molecule has 0 spiro atoms. The summed E-state index contributed by atoms with van der Waals surface area (Å²) in [6.45, 7) is 1.60. The van der Waals surface area contributed by atoms with Crippen LogP contribution in [0.25, 0.3) is 0 Å². The lowest BCUT2D eigenvalue weighted by Crippen LogP contribution is -2.37. The smallest absolute Gasteiger partial charge is 0.377 e. The van der Waals surface area contributed by atoms with Gasteiger partial charge in [-0.15, -0.1) is 0 Å². The Morgan fingerprint density at radius 2 is 2.12 bits per heavy atom. The van der Waals surface area contributed by atoms with Gasteiger partial charge in [-0.3, -0.25) is 4.79 Å². The first-order valence-electron chi connectivity index (χ1n) is 7.51. The maximum atomic E-state index is 13.0. The van der Waals surface area contributed by atoms with Crippen molar-refractivity contribution in [3.05, 3.63) is 28.8 Å². The maximum absolute atomic E-state index is 13.0. The highest BCUT2D eigenvalue weighted by Crippen LogP contribution is 2.36. The summed E-state index contributed by atoms with van der Waals surface area (Å²) in [4.78, 5) is 12.2. The van der Waals surface area contributed by atoms with E-state index in [1.54, 1.807) is 0 Å². The van der Waals surface area contributed by atoms with E-state index in [4.69, 9.17) is 16.3 Å². The number of anilines is 1. The van der Waals surface area contributed by atoms with E-state index in [0.29, 0.717) is 19.1 Å². The summed E-state index contributed by atoms with van der Waals surface area (Å²) in [5.41, 5.74) is -1.68. The summed E-state index contributed by atoms with van der Waals surface area (Å²) >= 11 is 5.57. The number of hydrogen-bond acceptors (Lipinski definition) is 4. The lowest BCUT2D eigenvalue weighted by Gasteiger charge is -2.18. The summed E-state index contributed by atoms with van der Waals surface area (Å²) in [5.74, 6) is -1.38. The number of carbonyl (C=O) groups is 1. The van der Waals surface area contributed by atoms with E-state index >= 15 is 0 Å². The van der Waals surface area contributed by atoms with Crippen molar-refractivity contribution in [3.63, 3.8) is 0 Å². The van der Waals surface area contributed by atoms with Gasteiger partial charge in [0.05, 0.1) is 23.1 Å². The second kappa shape index (κ2) is 7.51. The van der Waals surface area contributed by atoms with Crippen molar-refractivity contribution in [1.82, 2.24) is 0 Å². The van der Waals surface area contributed by atoms with Crippen LogP contribution in [-0.4, -0.2) is 38.0 Å². The minimum Gasteiger partial charge on any atom is -0.377 e. The van der Waals surface area contributed by atoms with E-state index in [9.17, 15) is 26.4 Å². The Morgan fingerprint density at radius 1 is 1.44 bits per heavy atom. The SMILES string of the molecule is C[C@H](C(=O)Nc1ccc(Cl)cc1C(F)(F)F)S(=O)(=O)C[C@H]1CCCO1. The summed E-state index contributed by atoms with van der Waals surface area (Å²) in [7, 11) is -3.86. The average Bonchev–Trinajstić information content (AvgIpc) is 2.99. The molecule has 1 aromatic carbocycles. The maximum Gasteiger partial charge on any atom is 0.418 e. The Balaban J connectivity index is 2.16. The zero-order valence-corrected chi connectivity index (χ0v) is 14.8. The van der Waals surface area contributed by atoms with Gasteiger partial charge in [0.1, 0.15) is 5.25 Å². The molecule has 10 heteroatoms. The Hall–Kier alpha value is -1.32. The molecule has 0 bridgehead atoms. The largest absolute Gasteiger partial charge is 0.418 e. The van der Waals surface area contributed by atoms with Gasteiger partial charge in [0.2, 0.25) is 5.91 Å². The van der Waals surface area contributed by atoms with Crippen molar-refractivity contribution in [1.29, 1.82) is 0 Å². The molecule has 1 saturated heterocycles. The molecule has 0 unspecified atom stereocenters. The number of nitrogens with one attached hydrogen (secondary N) is 1. The molecule has 1 N–H and O–H groups in total. The van der Waals surface area contributed by atoms with Crippen LogP contribution in [0.5, 0.6) is 0 Å². The topological polar surface area (TPSA) is 72.5 Å². The molecule has 140 valence electrons. The predicted octanol–water partition coefficient (Wildman–Crippen LogP) is 3.28. The second-order valence-corrected chi connectivity index (χ2v) is 8.59. The Bertz CT molecular complexity index is 746. The molecule has 0 aliphatic carbocycles. The van der Waals surface area contributed by atoms with E-state index in [2.05, 4.69) is 0 Å². The Morgan fingerprint density at radius 3 is 2.68 bits per heavy atom. The van der Waals surface area contributed by atoms with Gasteiger partial charge in [0.25, 0.3) is 0 Å². The molecular weight excluding hydrogens is 383 g/mol. The molecule has 1 heterocycles. The van der Waals surface area contributed by atoms with E-state index in [0.717, 1.165) is 19.4 Å². The number of carbonyl (C=O) groups excluding carboxylic acids is 1. The molecule has 25 heavy (non-hydrogen) atoms. The molecule has 2 atom stereocenters. The van der Waals surface area contributed by atoms with E-state index in [-0.39, 0.29) is 10.8 Å². The van der Waals surface area contributed by atoms with Crippen LogP contribution in [0.4, 0.5) is 18.9 Å². The zero-order valence-electron chi connectivity index (χ0n) is 13.3. The van der Waals surface area contributed by atoms with Gasteiger partial charge in [-0.05, 0) is 38.0 Å². The first-order chi connectivity index (χ1) is 11.5. The highest BCUT2D eigenvalue weighted by Gasteiger charge is 2.36. The molecule has 1 aromatic rings. The highest BCUT2D eigenvalue weighted by atomic mass is 35.5. The monoisotopic (exact) mass is 399 g/mol. The quantitative estimate of drug-likeness (QED) is 0.824. The molecule has 2 rings (SSSR count). The van der Waals surface area contributed by atoms with Crippen LogP contribution < -0.4 is 5.32 Å². The fraction of sp³-hybridized carbons (Fsp3) is 0.533. The number of amides is 1. The fourth-order valence-electron chi connectivity index (χ4n) is 2.44. The van der Waals surface area contributed by atoms with Crippen molar-refractivity contribution in [2.75, 3.05) is 17.7 Å². The Kier molecular flexibility index (Phi) is 6.01. The molecule has 1 aliphatic rings. The standard InChI is InChI=1S/C15H17ClF3NO4S/c1-9(25(22,23)8-11-3-2-6-24-11)14(21)20-13-5-4-10(16)7-12(13)15(17,18)19/h4-5,7,9,11H,2-3,6,8H2,1H3,(H,20,21)/t9-,11-/m1/s1. The van der Waals surface area contributed by atoms with Gasteiger partial charge in [0, 0.05) is 11.6 Å². The second-order valence-electron chi connectivity index (χ2n) is 5.78. The minimum absolute atomic E-state index is 0.149. The van der Waals surface area contributed by atoms with Crippen molar-refractivity contribution < 1.29 is 31.1 Å². The van der Waals surface area contributed by atoms with Gasteiger partial charge in [-0.1, -0.05) is 11.6 Å². The van der Waals surface area contributed by atoms with Crippen LogP contribution in [0.15, 0.2) is 18.2 Å². The average molecular weight is 400 g/mol. The van der Waals surface area contributed by atoms with Crippen molar-refractivity contribution in [2.24, 2.45) is 0 Å². The van der Waals surface area contributed by atoms with Crippen LogP contribution in [-0.2, 0) is 25.5 Å². The summed E-state index contributed by atoms with van der Waals surface area (Å²) < 4.78 is 68.9. The van der Waals surface area contributed by atoms with Gasteiger partial charge in [-0.2, -0.15) is 13.2 Å². The molecule has 1 fully saturated rings. The third-order valence-corrected chi connectivity index (χ3v) is 6.26. The number of sulfone groups is 1. The molecule has 5 nitrogen and oxygen atoms in total. The summed E-state index contributed by atoms with van der Waals surface area (Å²) in [6.07, 6.45) is -3.92. The first-order valence-corrected chi connectivity index (χ1v) is 9.61. The van der Waals surface area contributed by atoms with Gasteiger partial charge in [0.15, 0.2) is 9.84 Å². The lowest BCUT2D eigenvalue weighted by molar-refractivity contribution is -0.137. The van der Waals surface area contributed by atoms with Crippen molar-refractivity contribution in [2.45, 2.75) is 37.3 Å². The van der Waals surface area contributed by atoms with Crippen LogP contribution in [0, 0.1) is 0 Å².